The van der Waals surface area contributed by atoms with E-state index in [1.54, 1.807) is 0 Å². The van der Waals surface area contributed by atoms with Crippen LogP contribution in [0.3, 0.4) is 0 Å². The van der Waals surface area contributed by atoms with Gasteiger partial charge in [0, 0.05) is 4.91 Å². The van der Waals surface area contributed by atoms with Gasteiger partial charge in [0.2, 0.25) is 0 Å². The van der Waals surface area contributed by atoms with E-state index in [0.717, 1.165) is 0 Å². The van der Waals surface area contributed by atoms with Gasteiger partial charge >= 0.3 is 0 Å². The minimum Gasteiger partial charge on any atom is -0.393 e. The van der Waals surface area contributed by atoms with Gasteiger partial charge in [-0.15, -0.1) is 0 Å². The fraction of sp³-hybridized carbons (Fsp3) is 0.667. The molecule has 1 unspecified atom stereocenters. The van der Waals surface area contributed by atoms with Crippen LogP contribution in [0, 0.1) is 6.92 Å². The van der Waals surface area contributed by atoms with Crippen molar-refractivity contribution in [2.45, 2.75) is 6.10 Å². The molecule has 0 spiro atoms. The molecule has 1 radical (unpaired) electrons. The van der Waals surface area contributed by atoms with Crippen LogP contribution in [0.5, 0.6) is 0 Å². The SMILES string of the molecule is [CH2]C(O)CN=[N+]=[N-]. The molecule has 0 bridgehead atoms. The first kappa shape index (κ1) is 6.27. The van der Waals surface area contributed by atoms with E-state index in [0.29, 0.717) is 0 Å². The standard InChI is InChI=1S/C3H6N3O/c1-3(7)2-5-6-4/h3,7H,1-2H2. The zero-order valence-corrected chi connectivity index (χ0v) is 3.78. The normalized spacial score (nSPS) is 12.3. The number of azide groups is 1. The van der Waals surface area contributed by atoms with Crippen LogP contribution < -0.4 is 0 Å². The Bertz CT molecular complexity index is 84.2. The molecule has 1 N–H and O–H groups in total. The first-order valence-electron chi connectivity index (χ1n) is 1.79. The van der Waals surface area contributed by atoms with E-state index in [4.69, 9.17) is 10.6 Å². The Morgan fingerprint density at radius 1 is 2.00 bits per heavy atom. The Balaban J connectivity index is 3.13. The zero-order valence-electron chi connectivity index (χ0n) is 3.78. The molecule has 0 aliphatic carbocycles. The van der Waals surface area contributed by atoms with E-state index in [9.17, 15) is 0 Å². The molecule has 0 aromatic rings. The average molecular weight is 100 g/mol. The average Bonchev–Trinajstić information content (AvgIpc) is 1.61. The number of hydrogen-bond acceptors (Lipinski definition) is 2. The van der Waals surface area contributed by atoms with Gasteiger partial charge < -0.3 is 5.11 Å². The quantitative estimate of drug-likeness (QED) is 0.306. The Hall–Kier alpha value is -0.730. The van der Waals surface area contributed by atoms with E-state index in [2.05, 4.69) is 16.9 Å². The van der Waals surface area contributed by atoms with Gasteiger partial charge in [0.05, 0.1) is 12.6 Å². The Morgan fingerprint density at radius 3 is 2.71 bits per heavy atom. The maximum atomic E-state index is 8.31. The van der Waals surface area contributed by atoms with Crippen molar-refractivity contribution in [2.24, 2.45) is 5.11 Å². The zero-order chi connectivity index (χ0) is 5.70. The summed E-state index contributed by atoms with van der Waals surface area (Å²) in [6.07, 6.45) is -0.768. The lowest BCUT2D eigenvalue weighted by Crippen LogP contribution is -2.02. The maximum Gasteiger partial charge on any atom is 0.0597 e. The predicted octanol–water partition coefficient (Wildman–Crippen LogP) is 0.492. The summed E-state index contributed by atoms with van der Waals surface area (Å²) in [7, 11) is 0. The third kappa shape index (κ3) is 5.27. The fourth-order valence-electron chi connectivity index (χ4n) is 0.131. The molecule has 0 heterocycles. The lowest BCUT2D eigenvalue weighted by atomic mass is 10.4. The summed E-state index contributed by atoms with van der Waals surface area (Å²) >= 11 is 0. The molecule has 0 rings (SSSR count). The number of rotatable bonds is 2. The first-order valence-corrected chi connectivity index (χ1v) is 1.79. The Kier molecular flexibility index (Phi) is 3.10. The van der Waals surface area contributed by atoms with E-state index in [1.807, 2.05) is 0 Å². The molecule has 0 fully saturated rings. The van der Waals surface area contributed by atoms with Crippen LogP contribution in [0.2, 0.25) is 0 Å². The van der Waals surface area contributed by atoms with Gasteiger partial charge in [-0.2, -0.15) is 0 Å². The molecule has 4 heteroatoms. The van der Waals surface area contributed by atoms with E-state index in [-0.39, 0.29) is 6.54 Å². The first-order chi connectivity index (χ1) is 3.27. The van der Waals surface area contributed by atoms with E-state index in [1.165, 1.54) is 0 Å². The smallest absolute Gasteiger partial charge is 0.0597 e. The molecule has 0 amide bonds. The highest BCUT2D eigenvalue weighted by molar-refractivity contribution is 4.59. The number of hydrogen-bond donors (Lipinski definition) is 1. The fourth-order valence-corrected chi connectivity index (χ4v) is 0.131. The molecule has 0 saturated heterocycles. The van der Waals surface area contributed by atoms with E-state index < -0.39 is 6.10 Å². The van der Waals surface area contributed by atoms with Crippen LogP contribution in [0.15, 0.2) is 5.11 Å². The van der Waals surface area contributed by atoms with Crippen LogP contribution >= 0.6 is 0 Å². The van der Waals surface area contributed by atoms with Gasteiger partial charge in [0.25, 0.3) is 0 Å². The molecule has 39 valence electrons. The molecular formula is C3H6N3O. The van der Waals surface area contributed by atoms with Gasteiger partial charge in [-0.25, -0.2) is 0 Å². The number of nitrogens with zero attached hydrogens (tertiary/aromatic N) is 3. The summed E-state index contributed by atoms with van der Waals surface area (Å²) in [5.41, 5.74) is 7.63. The van der Waals surface area contributed by atoms with Gasteiger partial charge in [0.15, 0.2) is 0 Å². The summed E-state index contributed by atoms with van der Waals surface area (Å²) < 4.78 is 0. The number of aliphatic hydroxyl groups excluding tert-OH is 1. The number of aliphatic hydroxyl groups is 1. The Labute approximate surface area is 41.4 Å². The highest BCUT2D eigenvalue weighted by Crippen LogP contribution is 1.78. The second kappa shape index (κ2) is 3.46. The van der Waals surface area contributed by atoms with Crippen molar-refractivity contribution in [3.8, 4) is 0 Å². The largest absolute Gasteiger partial charge is 0.393 e. The molecule has 1 atom stereocenters. The third-order valence-electron chi connectivity index (χ3n) is 0.356. The van der Waals surface area contributed by atoms with Gasteiger partial charge in [-0.3, -0.25) is 0 Å². The van der Waals surface area contributed by atoms with Crippen molar-refractivity contribution < 1.29 is 5.11 Å². The van der Waals surface area contributed by atoms with Crippen LogP contribution in [0.25, 0.3) is 10.4 Å². The minimum atomic E-state index is -0.768. The second-order valence-corrected chi connectivity index (χ2v) is 1.07. The molecule has 0 saturated carbocycles. The van der Waals surface area contributed by atoms with Gasteiger partial charge in [-0.1, -0.05) is 5.11 Å². The lowest BCUT2D eigenvalue weighted by molar-refractivity contribution is 0.229. The third-order valence-corrected chi connectivity index (χ3v) is 0.356. The minimum absolute atomic E-state index is 0.0521. The Morgan fingerprint density at radius 2 is 2.57 bits per heavy atom. The van der Waals surface area contributed by atoms with Crippen LogP contribution in [-0.4, -0.2) is 17.8 Å². The van der Waals surface area contributed by atoms with Crippen molar-refractivity contribution >= 4 is 0 Å². The molecule has 0 aromatic carbocycles. The molecule has 7 heavy (non-hydrogen) atoms. The molecule has 4 nitrogen and oxygen atoms in total. The summed E-state index contributed by atoms with van der Waals surface area (Å²) in [4.78, 5) is 2.40. The highest BCUT2D eigenvalue weighted by Gasteiger charge is 1.87. The monoisotopic (exact) mass is 100 g/mol. The van der Waals surface area contributed by atoms with Crippen molar-refractivity contribution in [1.29, 1.82) is 0 Å². The molecular weight excluding hydrogens is 94.1 g/mol. The van der Waals surface area contributed by atoms with Gasteiger partial charge in [-0.05, 0) is 12.5 Å². The maximum absolute atomic E-state index is 8.31. The van der Waals surface area contributed by atoms with Crippen LogP contribution in [-0.2, 0) is 0 Å². The summed E-state index contributed by atoms with van der Waals surface area (Å²) in [6, 6.07) is 0. The second-order valence-electron chi connectivity index (χ2n) is 1.07. The molecule has 0 aliphatic rings. The summed E-state index contributed by atoms with van der Waals surface area (Å²) in [6.45, 7) is 3.22. The van der Waals surface area contributed by atoms with Crippen LogP contribution in [0.1, 0.15) is 0 Å². The van der Waals surface area contributed by atoms with Crippen molar-refractivity contribution in [2.75, 3.05) is 6.54 Å². The molecule has 0 aromatic heterocycles. The van der Waals surface area contributed by atoms with E-state index >= 15 is 0 Å². The van der Waals surface area contributed by atoms with Crippen LogP contribution in [0.4, 0.5) is 0 Å². The topological polar surface area (TPSA) is 69.0 Å². The summed E-state index contributed by atoms with van der Waals surface area (Å²) in [5.74, 6) is 0. The highest BCUT2D eigenvalue weighted by atomic mass is 16.3. The van der Waals surface area contributed by atoms with Crippen molar-refractivity contribution in [3.05, 3.63) is 17.4 Å². The van der Waals surface area contributed by atoms with Crippen molar-refractivity contribution in [1.82, 2.24) is 0 Å². The van der Waals surface area contributed by atoms with Crippen molar-refractivity contribution in [3.63, 3.8) is 0 Å². The predicted molar refractivity (Wildman–Crippen MR) is 25.4 cm³/mol. The van der Waals surface area contributed by atoms with Gasteiger partial charge in [0.1, 0.15) is 0 Å². The molecule has 0 aliphatic heterocycles. The lowest BCUT2D eigenvalue weighted by Gasteiger charge is -1.90. The summed E-state index contributed by atoms with van der Waals surface area (Å²) in [5, 5.41) is 11.3.